The second-order valence-corrected chi connectivity index (χ2v) is 9.51. The quantitative estimate of drug-likeness (QED) is 0.882. The third kappa shape index (κ3) is 2.23. The smallest absolute Gasteiger partial charge is 0.267 e. The van der Waals surface area contributed by atoms with E-state index in [1.54, 1.807) is 4.68 Å². The van der Waals surface area contributed by atoms with Crippen molar-refractivity contribution in [3.05, 3.63) is 12.4 Å². The Bertz CT molecular complexity index is 751. The van der Waals surface area contributed by atoms with E-state index in [0.29, 0.717) is 29.6 Å². The molecule has 1 aromatic rings. The van der Waals surface area contributed by atoms with Crippen molar-refractivity contribution in [1.82, 2.24) is 14.5 Å². The number of nitrogens with zero attached hydrogens (tertiary/aromatic N) is 2. The van der Waals surface area contributed by atoms with E-state index < -0.39 is 10.0 Å². The van der Waals surface area contributed by atoms with Crippen molar-refractivity contribution in [2.75, 3.05) is 0 Å². The van der Waals surface area contributed by atoms with Crippen molar-refractivity contribution in [3.8, 4) is 0 Å². The standard InChI is InChI=1S/C16H21N3O3S/c20-16(15-13-10-3-4-11(5-10)14(13)15)18-23(21,22)12-6-17-19(8-12)7-9-1-2-9/h6,8-11,13-15H,1-5,7H2,(H,18,20)/t10-,11+,13+,14-,15?. The van der Waals surface area contributed by atoms with Crippen LogP contribution in [0.15, 0.2) is 17.3 Å². The summed E-state index contributed by atoms with van der Waals surface area (Å²) in [6.07, 6.45) is 8.93. The van der Waals surface area contributed by atoms with E-state index in [-0.39, 0.29) is 16.7 Å². The van der Waals surface area contributed by atoms with Crippen molar-refractivity contribution < 1.29 is 13.2 Å². The highest BCUT2D eigenvalue weighted by molar-refractivity contribution is 7.90. The lowest BCUT2D eigenvalue weighted by atomic mass is 10.0. The summed E-state index contributed by atoms with van der Waals surface area (Å²) in [5, 5.41) is 4.11. The zero-order chi connectivity index (χ0) is 15.8. The molecule has 0 spiro atoms. The van der Waals surface area contributed by atoms with Gasteiger partial charge in [-0.25, -0.2) is 13.1 Å². The van der Waals surface area contributed by atoms with E-state index in [4.69, 9.17) is 0 Å². The van der Waals surface area contributed by atoms with Crippen molar-refractivity contribution in [3.63, 3.8) is 0 Å². The normalized spacial score (nSPS) is 37.7. The van der Waals surface area contributed by atoms with Gasteiger partial charge in [-0.05, 0) is 61.7 Å². The van der Waals surface area contributed by atoms with Crippen LogP contribution < -0.4 is 4.72 Å². The van der Waals surface area contributed by atoms with Crippen molar-refractivity contribution >= 4 is 15.9 Å². The number of rotatable bonds is 5. The summed E-state index contributed by atoms with van der Waals surface area (Å²) in [6, 6.07) is 0. The molecule has 4 aliphatic carbocycles. The number of amides is 1. The molecule has 7 heteroatoms. The van der Waals surface area contributed by atoms with Gasteiger partial charge in [0.25, 0.3) is 10.0 Å². The number of carbonyl (C=O) groups is 1. The highest BCUT2D eigenvalue weighted by Gasteiger charge is 2.67. The maximum absolute atomic E-state index is 12.4. The average Bonchev–Trinajstić information content (AvgIpc) is 3.31. The molecule has 5 atom stereocenters. The number of nitrogens with one attached hydrogen (secondary N) is 1. The molecule has 6 nitrogen and oxygen atoms in total. The minimum Gasteiger partial charge on any atom is -0.274 e. The van der Waals surface area contributed by atoms with Gasteiger partial charge in [-0.2, -0.15) is 5.10 Å². The van der Waals surface area contributed by atoms with Gasteiger partial charge in [0.15, 0.2) is 0 Å². The van der Waals surface area contributed by atoms with Gasteiger partial charge in [0.1, 0.15) is 4.90 Å². The van der Waals surface area contributed by atoms with E-state index in [1.807, 2.05) is 0 Å². The minimum absolute atomic E-state index is 0.0717. The van der Waals surface area contributed by atoms with E-state index in [2.05, 4.69) is 9.82 Å². The third-order valence-electron chi connectivity index (χ3n) is 6.34. The van der Waals surface area contributed by atoms with Gasteiger partial charge in [-0.3, -0.25) is 9.48 Å². The van der Waals surface area contributed by atoms with Crippen LogP contribution in [0.25, 0.3) is 0 Å². The maximum Gasteiger partial charge on any atom is 0.267 e. The number of carbonyl (C=O) groups excluding carboxylic acids is 1. The molecular weight excluding hydrogens is 314 g/mol. The van der Waals surface area contributed by atoms with Crippen molar-refractivity contribution in [1.29, 1.82) is 0 Å². The molecule has 0 saturated heterocycles. The van der Waals surface area contributed by atoms with E-state index in [9.17, 15) is 13.2 Å². The molecule has 2 bridgehead atoms. The van der Waals surface area contributed by atoms with Crippen LogP contribution in [0.1, 0.15) is 32.1 Å². The van der Waals surface area contributed by atoms with Gasteiger partial charge in [0, 0.05) is 18.7 Å². The van der Waals surface area contributed by atoms with Crippen molar-refractivity contribution in [2.45, 2.75) is 43.5 Å². The SMILES string of the molecule is O=C(NS(=O)(=O)c1cnn(CC2CC2)c1)C1[C@@H]2[C@H]3CC[C@H](C3)[C@H]12. The first-order valence-electron chi connectivity index (χ1n) is 8.62. The monoisotopic (exact) mass is 335 g/mol. The Morgan fingerprint density at radius 3 is 2.57 bits per heavy atom. The Morgan fingerprint density at radius 2 is 1.91 bits per heavy atom. The summed E-state index contributed by atoms with van der Waals surface area (Å²) in [6.45, 7) is 0.763. The Morgan fingerprint density at radius 1 is 1.22 bits per heavy atom. The van der Waals surface area contributed by atoms with Crippen LogP contribution in [0.3, 0.4) is 0 Å². The van der Waals surface area contributed by atoms with Crippen LogP contribution in [0.4, 0.5) is 0 Å². The molecule has 4 fully saturated rings. The molecule has 4 saturated carbocycles. The Kier molecular flexibility index (Phi) is 2.79. The van der Waals surface area contributed by atoms with Crippen LogP contribution in [0.5, 0.6) is 0 Å². The van der Waals surface area contributed by atoms with Gasteiger partial charge in [-0.1, -0.05) is 0 Å². The summed E-state index contributed by atoms with van der Waals surface area (Å²) < 4.78 is 28.8. The molecule has 1 heterocycles. The zero-order valence-corrected chi connectivity index (χ0v) is 13.7. The summed E-state index contributed by atoms with van der Waals surface area (Å²) in [5.74, 6) is 2.46. The van der Waals surface area contributed by atoms with Gasteiger partial charge >= 0.3 is 0 Å². The lowest BCUT2D eigenvalue weighted by Crippen LogP contribution is -2.33. The second-order valence-electron chi connectivity index (χ2n) is 7.82. The topological polar surface area (TPSA) is 81.1 Å². The largest absolute Gasteiger partial charge is 0.274 e. The molecule has 1 unspecified atom stereocenters. The third-order valence-corrected chi connectivity index (χ3v) is 7.64. The fourth-order valence-corrected chi connectivity index (χ4v) is 6.05. The van der Waals surface area contributed by atoms with Crippen LogP contribution in [-0.4, -0.2) is 24.1 Å². The van der Waals surface area contributed by atoms with Crippen LogP contribution in [0.2, 0.25) is 0 Å². The van der Waals surface area contributed by atoms with E-state index >= 15 is 0 Å². The molecule has 0 aromatic carbocycles. The average molecular weight is 335 g/mol. The van der Waals surface area contributed by atoms with Crippen LogP contribution >= 0.6 is 0 Å². The number of hydrogen-bond acceptors (Lipinski definition) is 4. The molecule has 5 rings (SSSR count). The number of hydrogen-bond donors (Lipinski definition) is 1. The van der Waals surface area contributed by atoms with Gasteiger partial charge in [-0.15, -0.1) is 0 Å². The fourth-order valence-electron chi connectivity index (χ4n) is 5.08. The Balaban J connectivity index is 1.27. The first kappa shape index (κ1) is 14.0. The molecule has 1 amide bonds. The Hall–Kier alpha value is -1.37. The highest BCUT2D eigenvalue weighted by atomic mass is 32.2. The number of aromatic nitrogens is 2. The number of fused-ring (bicyclic) bond motifs is 5. The van der Waals surface area contributed by atoms with Gasteiger partial charge in [0.05, 0.1) is 6.20 Å². The maximum atomic E-state index is 12.4. The molecule has 1 N–H and O–H groups in total. The fraction of sp³-hybridized carbons (Fsp3) is 0.750. The minimum atomic E-state index is -3.79. The first-order chi connectivity index (χ1) is 11.0. The molecular formula is C16H21N3O3S. The lowest BCUT2D eigenvalue weighted by molar-refractivity contribution is -0.121. The van der Waals surface area contributed by atoms with Crippen LogP contribution in [0, 0.1) is 35.5 Å². The first-order valence-corrected chi connectivity index (χ1v) is 10.1. The Labute approximate surface area is 135 Å². The lowest BCUT2D eigenvalue weighted by Gasteiger charge is -2.09. The van der Waals surface area contributed by atoms with E-state index in [1.165, 1.54) is 44.5 Å². The molecule has 0 aliphatic heterocycles. The van der Waals surface area contributed by atoms with Crippen molar-refractivity contribution in [2.24, 2.45) is 35.5 Å². The predicted molar refractivity (Wildman–Crippen MR) is 81.6 cm³/mol. The number of sulfonamides is 1. The van der Waals surface area contributed by atoms with Gasteiger partial charge < -0.3 is 0 Å². The van der Waals surface area contributed by atoms with Crippen LogP contribution in [-0.2, 0) is 21.4 Å². The summed E-state index contributed by atoms with van der Waals surface area (Å²) in [4.78, 5) is 12.5. The zero-order valence-electron chi connectivity index (χ0n) is 12.9. The summed E-state index contributed by atoms with van der Waals surface area (Å²) in [5.41, 5.74) is 0. The molecule has 124 valence electrons. The molecule has 0 radical (unpaired) electrons. The summed E-state index contributed by atoms with van der Waals surface area (Å²) >= 11 is 0. The van der Waals surface area contributed by atoms with Gasteiger partial charge in [0.2, 0.25) is 5.91 Å². The van der Waals surface area contributed by atoms with E-state index in [0.717, 1.165) is 6.54 Å². The second kappa shape index (κ2) is 4.59. The molecule has 1 aromatic heterocycles. The highest BCUT2D eigenvalue weighted by Crippen LogP contribution is 2.69. The molecule has 4 aliphatic rings. The predicted octanol–water partition coefficient (Wildman–Crippen LogP) is 1.39. The summed E-state index contributed by atoms with van der Waals surface area (Å²) in [7, 11) is -3.79. The molecule has 23 heavy (non-hydrogen) atoms.